The Kier molecular flexibility index (Phi) is 9.19. The summed E-state index contributed by atoms with van der Waals surface area (Å²) >= 11 is 0. The molecule has 13 heteroatoms. The van der Waals surface area contributed by atoms with Gasteiger partial charge in [0.1, 0.15) is 0 Å². The van der Waals surface area contributed by atoms with Crippen LogP contribution in [0.25, 0.3) is 10.6 Å². The van der Waals surface area contributed by atoms with Crippen LogP contribution in [0.15, 0.2) is 121 Å². The summed E-state index contributed by atoms with van der Waals surface area (Å²) in [5, 5.41) is 86.8. The van der Waals surface area contributed by atoms with Gasteiger partial charge in [-0.3, -0.25) is 0 Å². The number of fused-ring (bicyclic) bond motifs is 2. The van der Waals surface area contributed by atoms with Gasteiger partial charge in [0.15, 0.2) is 46.0 Å². The first-order valence-electron chi connectivity index (χ1n) is 15.7. The average Bonchev–Trinajstić information content (AvgIpc) is 3.60. The molecule has 8 N–H and O–H groups in total. The molecule has 0 radical (unpaired) electrons. The maximum Gasteiger partial charge on any atom is 2.00 e. The Hall–Kier alpha value is -6.65. The molecule has 2 heterocycles. The molecule has 53 heavy (non-hydrogen) atoms. The first-order valence-corrected chi connectivity index (χ1v) is 15.7. The van der Waals surface area contributed by atoms with Crippen molar-refractivity contribution in [3.8, 4) is 46.0 Å². The minimum Gasteiger partial charge on any atom is -0.625 e. The van der Waals surface area contributed by atoms with Crippen molar-refractivity contribution in [1.29, 1.82) is 0 Å². The predicted octanol–water partition coefficient (Wildman–Crippen LogP) is 6.78. The van der Waals surface area contributed by atoms with Gasteiger partial charge in [-0.1, -0.05) is 72.8 Å². The number of rotatable bonds is 4. The van der Waals surface area contributed by atoms with E-state index in [2.05, 4.69) is 10.6 Å². The van der Waals surface area contributed by atoms with E-state index in [1.54, 1.807) is 48.5 Å². The molecule has 0 bridgehead atoms. The van der Waals surface area contributed by atoms with Crippen LogP contribution in [-0.2, 0) is 41.5 Å². The fraction of sp³-hybridized carbons (Fsp3) is 0.0500. The van der Waals surface area contributed by atoms with Gasteiger partial charge < -0.3 is 61.1 Å². The summed E-state index contributed by atoms with van der Waals surface area (Å²) in [5.41, 5.74) is 0.858. The smallest absolute Gasteiger partial charge is 0.625 e. The van der Waals surface area contributed by atoms with Gasteiger partial charge in [-0.15, -0.1) is 11.4 Å². The van der Waals surface area contributed by atoms with Gasteiger partial charge in [0.05, 0.1) is 22.6 Å². The summed E-state index contributed by atoms with van der Waals surface area (Å²) < 4.78 is 0. The summed E-state index contributed by atoms with van der Waals surface area (Å²) in [4.78, 5) is 26.2. The molecule has 8 rings (SSSR count). The second kappa shape index (κ2) is 13.5. The van der Waals surface area contributed by atoms with Crippen molar-refractivity contribution < 1.29 is 71.5 Å². The van der Waals surface area contributed by atoms with E-state index in [1.807, 2.05) is 0 Å². The molecule has 6 aromatic rings. The largest absolute Gasteiger partial charge is 2.00 e. The zero-order valence-electron chi connectivity index (χ0n) is 27.2. The zero-order chi connectivity index (χ0) is 36.9. The molecule has 0 spiro atoms. The van der Waals surface area contributed by atoms with Crippen molar-refractivity contribution in [2.45, 2.75) is 10.8 Å². The standard InChI is InChI=1S/2C20H15NO5.W/c2*22-15-7-5-11(9-17(15)24)20(12-6-8-16(23)18(25)10-12)13-3-1-2-4-14(13)21-19(20)26;/h2*1-10H,(H5,21,22,23,24,25,26);/q;;+2/p-2. The Morgan fingerprint density at radius 2 is 0.623 bits per heavy atom. The number of hydrogen-bond donors (Lipinski definition) is 8. The average molecular weight is 881 g/mol. The molecule has 0 saturated heterocycles. The fourth-order valence-electron chi connectivity index (χ4n) is 6.87. The molecule has 0 unspecified atom stereocenters. The fourth-order valence-corrected chi connectivity index (χ4v) is 6.87. The van der Waals surface area contributed by atoms with E-state index in [0.717, 1.165) is 0 Å². The number of hydrogen-bond acceptors (Lipinski definition) is 10. The molecule has 2 aliphatic rings. The summed E-state index contributed by atoms with van der Waals surface area (Å²) in [5.74, 6) is -3.72. The third-order valence-electron chi connectivity index (χ3n) is 9.34. The maximum atomic E-state index is 13.1. The van der Waals surface area contributed by atoms with Crippen LogP contribution in [0.3, 0.4) is 0 Å². The number of nitrogens with zero attached hydrogens (tertiary/aromatic N) is 2. The first kappa shape index (κ1) is 36.1. The number of amides is 2. The predicted molar refractivity (Wildman–Crippen MR) is 188 cm³/mol. The Morgan fingerprint density at radius 3 is 0.887 bits per heavy atom. The summed E-state index contributed by atoms with van der Waals surface area (Å²) in [7, 11) is 0. The van der Waals surface area contributed by atoms with E-state index in [-0.39, 0.29) is 67.1 Å². The van der Waals surface area contributed by atoms with Gasteiger partial charge in [-0.05, 0) is 81.9 Å². The van der Waals surface area contributed by atoms with Gasteiger partial charge in [0.2, 0.25) is 0 Å². The third kappa shape index (κ3) is 5.60. The summed E-state index contributed by atoms with van der Waals surface area (Å²) in [6.45, 7) is 0. The minimum absolute atomic E-state index is 0. The Bertz CT molecular complexity index is 2160. The summed E-state index contributed by atoms with van der Waals surface area (Å²) in [6, 6.07) is 30.4. The molecular formula is C40H28N2O10W. The molecule has 0 aliphatic carbocycles. The molecular weight excluding hydrogens is 852 g/mol. The first-order chi connectivity index (χ1) is 24.9. The number of carbonyl (C=O) groups excluding carboxylic acids is 2. The molecule has 264 valence electrons. The zero-order valence-corrected chi connectivity index (χ0v) is 30.2. The van der Waals surface area contributed by atoms with Crippen LogP contribution < -0.4 is 0 Å². The van der Waals surface area contributed by atoms with E-state index in [0.29, 0.717) is 44.8 Å². The van der Waals surface area contributed by atoms with E-state index < -0.39 is 22.6 Å². The molecule has 12 nitrogen and oxygen atoms in total. The van der Waals surface area contributed by atoms with Crippen LogP contribution in [0.1, 0.15) is 33.4 Å². The number of para-hydroxylation sites is 2. The number of carbonyl (C=O) groups is 2. The van der Waals surface area contributed by atoms with Crippen molar-refractivity contribution >= 4 is 23.2 Å². The molecule has 6 aromatic carbocycles. The van der Waals surface area contributed by atoms with E-state index in [4.69, 9.17) is 0 Å². The monoisotopic (exact) mass is 880 g/mol. The Balaban J connectivity index is 0.000000178. The normalized spacial score (nSPS) is 14.4. The SMILES string of the molecule is O=C1[N-]c2ccccc2C1(c1ccc(O)c(O)c1)c1ccc(O)c(O)c1.O=C1[N-]c2ccccc2C1(c1ccc(O)c(O)c1)c1ccc(O)c(O)c1.[W+2]. The van der Waals surface area contributed by atoms with Gasteiger partial charge in [-0.2, -0.15) is 0 Å². The van der Waals surface area contributed by atoms with Crippen molar-refractivity contribution in [3.05, 3.63) is 165 Å². The molecule has 0 fully saturated rings. The number of aromatic hydroxyl groups is 8. The molecule has 0 saturated carbocycles. The number of phenolic OH excluding ortho intramolecular Hbond substituents is 8. The second-order valence-corrected chi connectivity index (χ2v) is 12.2. The van der Waals surface area contributed by atoms with Gasteiger partial charge in [0.25, 0.3) is 0 Å². The Labute approximate surface area is 315 Å². The van der Waals surface area contributed by atoms with Crippen molar-refractivity contribution in [2.75, 3.05) is 0 Å². The maximum absolute atomic E-state index is 13.1. The molecule has 0 atom stereocenters. The van der Waals surface area contributed by atoms with Crippen LogP contribution >= 0.6 is 0 Å². The van der Waals surface area contributed by atoms with Crippen LogP contribution in [0, 0.1) is 0 Å². The van der Waals surface area contributed by atoms with Crippen LogP contribution in [-0.4, -0.2) is 52.7 Å². The number of benzene rings is 6. The van der Waals surface area contributed by atoms with Gasteiger partial charge in [-0.25, -0.2) is 0 Å². The van der Waals surface area contributed by atoms with E-state index in [1.165, 1.54) is 72.8 Å². The minimum atomic E-state index is -1.41. The van der Waals surface area contributed by atoms with Crippen molar-refractivity contribution in [3.63, 3.8) is 0 Å². The van der Waals surface area contributed by atoms with E-state index in [9.17, 15) is 50.4 Å². The van der Waals surface area contributed by atoms with Crippen LogP contribution in [0.4, 0.5) is 11.4 Å². The van der Waals surface area contributed by atoms with Crippen LogP contribution in [0.2, 0.25) is 0 Å². The van der Waals surface area contributed by atoms with Crippen molar-refractivity contribution in [1.82, 2.24) is 0 Å². The van der Waals surface area contributed by atoms with Crippen molar-refractivity contribution in [2.24, 2.45) is 0 Å². The quantitative estimate of drug-likeness (QED) is 0.0868. The Morgan fingerprint density at radius 1 is 0.358 bits per heavy atom. The topological polar surface area (TPSA) is 224 Å². The molecule has 2 amide bonds. The van der Waals surface area contributed by atoms with E-state index >= 15 is 0 Å². The van der Waals surface area contributed by atoms with Gasteiger partial charge >= 0.3 is 21.1 Å². The second-order valence-electron chi connectivity index (χ2n) is 12.2. The van der Waals surface area contributed by atoms with Crippen LogP contribution in [0.5, 0.6) is 46.0 Å². The molecule has 0 aromatic heterocycles. The summed E-state index contributed by atoms with van der Waals surface area (Å²) in [6.07, 6.45) is 0. The number of phenols is 8. The molecule has 2 aliphatic heterocycles. The van der Waals surface area contributed by atoms with Gasteiger partial charge in [0, 0.05) is 0 Å². The third-order valence-corrected chi connectivity index (χ3v) is 9.34.